The van der Waals surface area contributed by atoms with E-state index >= 15 is 0 Å². The van der Waals surface area contributed by atoms with Gasteiger partial charge in [-0.1, -0.05) is 0 Å². The summed E-state index contributed by atoms with van der Waals surface area (Å²) in [5, 5.41) is 5.48. The van der Waals surface area contributed by atoms with Gasteiger partial charge < -0.3 is 24.8 Å². The van der Waals surface area contributed by atoms with Crippen molar-refractivity contribution in [2.45, 2.75) is 30.7 Å². The van der Waals surface area contributed by atoms with E-state index in [1.54, 1.807) is 37.3 Å². The predicted molar refractivity (Wildman–Crippen MR) is 123 cm³/mol. The Morgan fingerprint density at radius 2 is 1.74 bits per heavy atom. The quantitative estimate of drug-likeness (QED) is 0.610. The summed E-state index contributed by atoms with van der Waals surface area (Å²) in [6, 6.07) is 10.5. The van der Waals surface area contributed by atoms with Crippen LogP contribution in [0, 0.1) is 5.92 Å². The Bertz CT molecular complexity index is 1160. The largest absolute Gasteiger partial charge is 0.497 e. The molecule has 1 atom stereocenters. The molecular weight excluding hydrogens is 462 g/mol. The van der Waals surface area contributed by atoms with Crippen LogP contribution >= 0.6 is 0 Å². The van der Waals surface area contributed by atoms with E-state index in [0.717, 1.165) is 0 Å². The third-order valence-corrected chi connectivity index (χ3v) is 7.83. The molecule has 1 unspecified atom stereocenters. The molecule has 0 aromatic heterocycles. The Hall–Kier alpha value is -3.31. The number of benzene rings is 2. The third-order valence-electron chi connectivity index (χ3n) is 5.91. The highest BCUT2D eigenvalue weighted by atomic mass is 32.2. The highest BCUT2D eigenvalue weighted by molar-refractivity contribution is 7.89. The molecule has 2 aromatic rings. The van der Waals surface area contributed by atoms with Crippen molar-refractivity contribution >= 4 is 27.5 Å². The van der Waals surface area contributed by atoms with Crippen molar-refractivity contribution in [2.75, 3.05) is 32.3 Å². The molecule has 0 saturated carbocycles. The van der Waals surface area contributed by atoms with E-state index in [9.17, 15) is 18.0 Å². The molecule has 182 valence electrons. The number of nitrogens with zero attached hydrogens (tertiary/aromatic N) is 1. The van der Waals surface area contributed by atoms with Crippen LogP contribution < -0.4 is 24.8 Å². The van der Waals surface area contributed by atoms with Gasteiger partial charge in [0.05, 0.1) is 12.0 Å². The van der Waals surface area contributed by atoms with Crippen LogP contribution in [0.25, 0.3) is 0 Å². The number of nitrogens with one attached hydrogen (secondary N) is 2. The van der Waals surface area contributed by atoms with Crippen LogP contribution in [0.3, 0.4) is 0 Å². The molecule has 0 aliphatic carbocycles. The van der Waals surface area contributed by atoms with Gasteiger partial charge in [0.2, 0.25) is 28.6 Å². The summed E-state index contributed by atoms with van der Waals surface area (Å²) in [7, 11) is -2.13. The first-order valence-electron chi connectivity index (χ1n) is 10.9. The zero-order valence-electron chi connectivity index (χ0n) is 18.9. The van der Waals surface area contributed by atoms with E-state index in [1.807, 2.05) is 0 Å². The summed E-state index contributed by atoms with van der Waals surface area (Å²) in [5.41, 5.74) is 0.535. The van der Waals surface area contributed by atoms with Gasteiger partial charge in [0.25, 0.3) is 0 Å². The van der Waals surface area contributed by atoms with Crippen molar-refractivity contribution in [3.63, 3.8) is 0 Å². The van der Waals surface area contributed by atoms with Crippen LogP contribution in [0.4, 0.5) is 5.69 Å². The van der Waals surface area contributed by atoms with E-state index in [2.05, 4.69) is 10.6 Å². The molecular formula is C23H27N3O7S. The summed E-state index contributed by atoms with van der Waals surface area (Å²) in [6.45, 7) is 2.19. The normalized spacial score (nSPS) is 17.1. The van der Waals surface area contributed by atoms with Gasteiger partial charge >= 0.3 is 0 Å². The average molecular weight is 490 g/mol. The smallest absolute Gasteiger partial charge is 0.246 e. The number of hydrogen-bond acceptors (Lipinski definition) is 7. The molecule has 11 heteroatoms. The van der Waals surface area contributed by atoms with Crippen LogP contribution in [0.15, 0.2) is 47.4 Å². The maximum atomic E-state index is 12.9. The van der Waals surface area contributed by atoms with Crippen molar-refractivity contribution in [2.24, 2.45) is 5.92 Å². The average Bonchev–Trinajstić information content (AvgIpc) is 3.32. The number of carbonyl (C=O) groups excluding carboxylic acids is 2. The number of anilines is 1. The van der Waals surface area contributed by atoms with Gasteiger partial charge in [0, 0.05) is 30.8 Å². The molecule has 1 saturated heterocycles. The van der Waals surface area contributed by atoms with Crippen LogP contribution in [0.5, 0.6) is 17.2 Å². The fourth-order valence-electron chi connectivity index (χ4n) is 3.88. The highest BCUT2D eigenvalue weighted by Gasteiger charge is 2.33. The number of rotatable bonds is 7. The fraction of sp³-hybridized carbons (Fsp3) is 0.391. The molecule has 0 bridgehead atoms. The minimum atomic E-state index is -3.65. The Labute approximate surface area is 198 Å². The van der Waals surface area contributed by atoms with Crippen molar-refractivity contribution in [1.82, 2.24) is 9.62 Å². The summed E-state index contributed by atoms with van der Waals surface area (Å²) >= 11 is 0. The first-order valence-corrected chi connectivity index (χ1v) is 12.4. The zero-order valence-corrected chi connectivity index (χ0v) is 19.8. The van der Waals surface area contributed by atoms with Crippen LogP contribution in [0.2, 0.25) is 0 Å². The molecule has 2 N–H and O–H groups in total. The monoisotopic (exact) mass is 489 g/mol. The molecule has 2 amide bonds. The molecule has 0 spiro atoms. The van der Waals surface area contributed by atoms with Gasteiger partial charge in [-0.3, -0.25) is 9.59 Å². The molecule has 4 rings (SSSR count). The highest BCUT2D eigenvalue weighted by Crippen LogP contribution is 2.34. The van der Waals surface area contributed by atoms with Gasteiger partial charge in [0.15, 0.2) is 11.5 Å². The zero-order chi connectivity index (χ0) is 24.3. The lowest BCUT2D eigenvalue weighted by molar-refractivity contribution is -0.129. The van der Waals surface area contributed by atoms with Gasteiger partial charge in [0.1, 0.15) is 11.8 Å². The molecule has 2 aliphatic rings. The van der Waals surface area contributed by atoms with E-state index < -0.39 is 16.1 Å². The predicted octanol–water partition coefficient (Wildman–Crippen LogP) is 1.97. The van der Waals surface area contributed by atoms with Crippen LogP contribution in [0.1, 0.15) is 19.8 Å². The number of ether oxygens (including phenoxy) is 3. The van der Waals surface area contributed by atoms with Crippen molar-refractivity contribution < 1.29 is 32.2 Å². The number of piperidine rings is 1. The molecule has 2 heterocycles. The van der Waals surface area contributed by atoms with E-state index in [0.29, 0.717) is 35.8 Å². The summed E-state index contributed by atoms with van der Waals surface area (Å²) in [4.78, 5) is 25.4. The first-order chi connectivity index (χ1) is 16.3. The summed E-state index contributed by atoms with van der Waals surface area (Å²) < 4.78 is 42.8. The lowest BCUT2D eigenvalue weighted by atomic mass is 9.97. The Morgan fingerprint density at radius 3 is 2.41 bits per heavy atom. The number of amides is 2. The SMILES string of the molecule is COc1ccc(S(=O)(=O)N2CCC(C(=O)NC(C)C(=O)Nc3ccc4c(c3)OCO4)CC2)cc1. The number of sulfonamides is 1. The van der Waals surface area contributed by atoms with Crippen molar-refractivity contribution in [3.8, 4) is 17.2 Å². The van der Waals surface area contributed by atoms with Crippen molar-refractivity contribution in [3.05, 3.63) is 42.5 Å². The number of fused-ring (bicyclic) bond motifs is 1. The standard InChI is InChI=1S/C23H27N3O7S/c1-15(22(27)25-17-3-8-20-21(13-17)33-14-32-20)24-23(28)16-9-11-26(12-10-16)34(29,30)19-6-4-18(31-2)5-7-19/h3-8,13,15-16H,9-12,14H2,1-2H3,(H,24,28)(H,25,27). The lowest BCUT2D eigenvalue weighted by Gasteiger charge is -2.31. The second-order valence-corrected chi connectivity index (χ2v) is 10.1. The topological polar surface area (TPSA) is 123 Å². The summed E-state index contributed by atoms with van der Waals surface area (Å²) in [5.74, 6) is 0.723. The Morgan fingerprint density at radius 1 is 1.06 bits per heavy atom. The molecule has 1 fully saturated rings. The van der Waals surface area contributed by atoms with Gasteiger partial charge in [-0.05, 0) is 56.2 Å². The molecule has 10 nitrogen and oxygen atoms in total. The third kappa shape index (κ3) is 5.10. The van der Waals surface area contributed by atoms with E-state index in [-0.39, 0.29) is 42.5 Å². The van der Waals surface area contributed by atoms with Crippen molar-refractivity contribution in [1.29, 1.82) is 0 Å². The second-order valence-electron chi connectivity index (χ2n) is 8.14. The van der Waals surface area contributed by atoms with E-state index in [1.165, 1.54) is 23.5 Å². The Balaban J connectivity index is 1.28. The maximum absolute atomic E-state index is 12.9. The minimum Gasteiger partial charge on any atom is -0.497 e. The molecule has 2 aliphatic heterocycles. The maximum Gasteiger partial charge on any atom is 0.246 e. The Kier molecular flexibility index (Phi) is 6.94. The molecule has 34 heavy (non-hydrogen) atoms. The second kappa shape index (κ2) is 9.90. The summed E-state index contributed by atoms with van der Waals surface area (Å²) in [6.07, 6.45) is 0.745. The van der Waals surface area contributed by atoms with Gasteiger partial charge in [-0.25, -0.2) is 8.42 Å². The number of hydrogen-bond donors (Lipinski definition) is 2. The molecule has 2 aromatic carbocycles. The van der Waals surface area contributed by atoms with E-state index in [4.69, 9.17) is 14.2 Å². The van der Waals surface area contributed by atoms with Crippen LogP contribution in [-0.4, -0.2) is 57.6 Å². The molecule has 0 radical (unpaired) electrons. The van der Waals surface area contributed by atoms with Gasteiger partial charge in [-0.15, -0.1) is 0 Å². The lowest BCUT2D eigenvalue weighted by Crippen LogP contribution is -2.47. The first kappa shape index (κ1) is 23.8. The van der Waals surface area contributed by atoms with Crippen LogP contribution in [-0.2, 0) is 19.6 Å². The minimum absolute atomic E-state index is 0.138. The number of carbonyl (C=O) groups is 2. The van der Waals surface area contributed by atoms with Gasteiger partial charge in [-0.2, -0.15) is 4.31 Å². The number of methoxy groups -OCH3 is 1. The fourth-order valence-corrected chi connectivity index (χ4v) is 5.35.